The first-order valence-electron chi connectivity index (χ1n) is 6.56. The van der Waals surface area contributed by atoms with Crippen LogP contribution >= 0.6 is 27.5 Å². The molecule has 3 N–H and O–H groups in total. The summed E-state index contributed by atoms with van der Waals surface area (Å²) in [4.78, 5) is 23.7. The highest BCUT2D eigenvalue weighted by Gasteiger charge is 2.19. The minimum Gasteiger partial charge on any atom is -0.368 e. The van der Waals surface area contributed by atoms with Crippen molar-refractivity contribution >= 4 is 39.3 Å². The van der Waals surface area contributed by atoms with Crippen LogP contribution < -0.4 is 11.1 Å². The van der Waals surface area contributed by atoms with E-state index in [9.17, 15) is 9.59 Å². The first kappa shape index (κ1) is 16.5. The number of hydrogen-bond donors (Lipinski definition) is 2. The van der Waals surface area contributed by atoms with Gasteiger partial charge in [-0.2, -0.15) is 0 Å². The lowest BCUT2D eigenvalue weighted by Gasteiger charge is -2.15. The molecule has 0 bridgehead atoms. The number of carbonyl (C=O) groups excluding carboxylic acids is 2. The van der Waals surface area contributed by atoms with E-state index in [2.05, 4.69) is 21.2 Å². The highest BCUT2D eigenvalue weighted by Crippen LogP contribution is 2.13. The summed E-state index contributed by atoms with van der Waals surface area (Å²) in [6.07, 6.45) is 0.335. The van der Waals surface area contributed by atoms with E-state index < -0.39 is 11.9 Å². The van der Waals surface area contributed by atoms with Crippen LogP contribution in [-0.4, -0.2) is 17.9 Å². The Morgan fingerprint density at radius 1 is 1.09 bits per heavy atom. The minimum atomic E-state index is -0.774. The molecule has 1 atom stereocenters. The Bertz CT molecular complexity index is 672. The lowest BCUT2D eigenvalue weighted by atomic mass is 10.0. The van der Waals surface area contributed by atoms with Gasteiger partial charge in [-0.15, -0.1) is 0 Å². The molecular weight excluding hydrogens is 368 g/mol. The Morgan fingerprint density at radius 2 is 1.68 bits per heavy atom. The zero-order valence-corrected chi connectivity index (χ0v) is 13.9. The summed E-state index contributed by atoms with van der Waals surface area (Å²) in [6.45, 7) is 0. The Labute approximate surface area is 141 Å². The van der Waals surface area contributed by atoms with E-state index in [1.54, 1.807) is 24.3 Å². The molecule has 0 aliphatic heterocycles. The van der Waals surface area contributed by atoms with Gasteiger partial charge in [-0.1, -0.05) is 39.7 Å². The summed E-state index contributed by atoms with van der Waals surface area (Å²) in [6, 6.07) is 13.1. The van der Waals surface area contributed by atoms with Gasteiger partial charge in [-0.3, -0.25) is 9.59 Å². The zero-order chi connectivity index (χ0) is 16.1. The molecule has 2 aromatic rings. The number of primary amides is 1. The van der Waals surface area contributed by atoms with E-state index in [0.29, 0.717) is 17.0 Å². The van der Waals surface area contributed by atoms with E-state index in [1.165, 1.54) is 0 Å². The molecule has 22 heavy (non-hydrogen) atoms. The van der Waals surface area contributed by atoms with Crippen LogP contribution in [0.25, 0.3) is 0 Å². The number of benzene rings is 2. The largest absolute Gasteiger partial charge is 0.368 e. The van der Waals surface area contributed by atoms with Gasteiger partial charge in [0.2, 0.25) is 5.91 Å². The second-order valence-electron chi connectivity index (χ2n) is 4.77. The molecule has 2 amide bonds. The molecule has 114 valence electrons. The van der Waals surface area contributed by atoms with Crippen LogP contribution in [0.15, 0.2) is 53.0 Å². The quantitative estimate of drug-likeness (QED) is 0.836. The van der Waals surface area contributed by atoms with Crippen molar-refractivity contribution in [3.8, 4) is 0 Å². The third-order valence-electron chi connectivity index (χ3n) is 3.11. The second kappa shape index (κ2) is 7.42. The Balaban J connectivity index is 2.08. The summed E-state index contributed by atoms with van der Waals surface area (Å²) in [7, 11) is 0. The molecule has 4 nitrogen and oxygen atoms in total. The van der Waals surface area contributed by atoms with Crippen molar-refractivity contribution in [2.75, 3.05) is 0 Å². The first-order chi connectivity index (χ1) is 10.5. The van der Waals surface area contributed by atoms with Crippen molar-refractivity contribution in [2.45, 2.75) is 12.5 Å². The van der Waals surface area contributed by atoms with Crippen LogP contribution in [0.2, 0.25) is 5.02 Å². The molecule has 0 aliphatic carbocycles. The normalized spacial score (nSPS) is 11.7. The third-order valence-corrected chi connectivity index (χ3v) is 3.89. The minimum absolute atomic E-state index is 0.335. The smallest absolute Gasteiger partial charge is 0.251 e. The van der Waals surface area contributed by atoms with E-state index in [1.807, 2.05) is 24.3 Å². The molecule has 0 unspecified atom stereocenters. The van der Waals surface area contributed by atoms with Gasteiger partial charge in [0, 0.05) is 21.5 Å². The topological polar surface area (TPSA) is 72.2 Å². The maximum Gasteiger partial charge on any atom is 0.251 e. The van der Waals surface area contributed by atoms with Gasteiger partial charge in [-0.25, -0.2) is 0 Å². The van der Waals surface area contributed by atoms with Crippen molar-refractivity contribution < 1.29 is 9.59 Å². The number of hydrogen-bond acceptors (Lipinski definition) is 2. The predicted octanol–water partition coefficient (Wildman–Crippen LogP) is 2.93. The molecule has 2 rings (SSSR count). The maximum atomic E-state index is 12.1. The molecule has 2 aromatic carbocycles. The third kappa shape index (κ3) is 4.58. The Kier molecular flexibility index (Phi) is 5.57. The Morgan fingerprint density at radius 3 is 2.23 bits per heavy atom. The molecule has 0 aliphatic rings. The lowest BCUT2D eigenvalue weighted by Crippen LogP contribution is -2.45. The van der Waals surface area contributed by atoms with Gasteiger partial charge in [0.25, 0.3) is 5.91 Å². The predicted molar refractivity (Wildman–Crippen MR) is 89.7 cm³/mol. The maximum absolute atomic E-state index is 12.1. The van der Waals surface area contributed by atoms with Crippen molar-refractivity contribution in [1.82, 2.24) is 5.32 Å². The van der Waals surface area contributed by atoms with Crippen molar-refractivity contribution in [2.24, 2.45) is 5.73 Å². The highest BCUT2D eigenvalue weighted by molar-refractivity contribution is 9.10. The average Bonchev–Trinajstić information content (AvgIpc) is 2.49. The van der Waals surface area contributed by atoms with E-state index in [0.717, 1.165) is 10.0 Å². The molecule has 0 saturated heterocycles. The summed E-state index contributed by atoms with van der Waals surface area (Å²) in [5, 5.41) is 3.19. The Hall–Kier alpha value is -1.85. The first-order valence-corrected chi connectivity index (χ1v) is 7.73. The van der Waals surface area contributed by atoms with E-state index in [4.69, 9.17) is 17.3 Å². The molecule has 0 aromatic heterocycles. The van der Waals surface area contributed by atoms with E-state index >= 15 is 0 Å². The van der Waals surface area contributed by atoms with Crippen LogP contribution in [0.5, 0.6) is 0 Å². The van der Waals surface area contributed by atoms with Crippen LogP contribution in [0, 0.1) is 0 Å². The van der Waals surface area contributed by atoms with Crippen molar-refractivity contribution in [1.29, 1.82) is 0 Å². The van der Waals surface area contributed by atoms with Crippen LogP contribution in [0.4, 0.5) is 0 Å². The zero-order valence-electron chi connectivity index (χ0n) is 11.6. The molecular formula is C16H14BrClN2O2. The number of halogens is 2. The summed E-state index contributed by atoms with van der Waals surface area (Å²) < 4.78 is 0.942. The molecule has 0 radical (unpaired) electrons. The summed E-state index contributed by atoms with van der Waals surface area (Å²) in [5.74, 6) is -0.942. The fourth-order valence-corrected chi connectivity index (χ4v) is 2.31. The van der Waals surface area contributed by atoms with Gasteiger partial charge in [0.15, 0.2) is 0 Å². The highest BCUT2D eigenvalue weighted by atomic mass is 79.9. The standard InChI is InChI=1S/C16H14BrClN2O2/c17-12-5-1-10(2-6-12)9-14(15(19)21)20-16(22)11-3-7-13(18)8-4-11/h1-8,14H,9H2,(H2,19,21)(H,20,22)/t14-/m1/s1. The van der Waals surface area contributed by atoms with Crippen LogP contribution in [-0.2, 0) is 11.2 Å². The van der Waals surface area contributed by atoms with Crippen LogP contribution in [0.1, 0.15) is 15.9 Å². The molecule has 0 spiro atoms. The summed E-state index contributed by atoms with van der Waals surface area (Å²) >= 11 is 9.13. The van der Waals surface area contributed by atoms with Crippen molar-refractivity contribution in [3.05, 3.63) is 69.2 Å². The van der Waals surface area contributed by atoms with Gasteiger partial charge in [0.05, 0.1) is 0 Å². The number of rotatable bonds is 5. The SMILES string of the molecule is NC(=O)[C@@H](Cc1ccc(Br)cc1)NC(=O)c1ccc(Cl)cc1. The van der Waals surface area contributed by atoms with Crippen LogP contribution in [0.3, 0.4) is 0 Å². The molecule has 0 saturated carbocycles. The summed E-state index contributed by atoms with van der Waals surface area (Å²) in [5.41, 5.74) is 6.71. The molecule has 6 heteroatoms. The van der Waals surface area contributed by atoms with Gasteiger partial charge in [-0.05, 0) is 42.0 Å². The fourth-order valence-electron chi connectivity index (χ4n) is 1.92. The second-order valence-corrected chi connectivity index (χ2v) is 6.12. The van der Waals surface area contributed by atoms with Gasteiger partial charge >= 0.3 is 0 Å². The number of nitrogens with one attached hydrogen (secondary N) is 1. The number of amides is 2. The molecule has 0 heterocycles. The average molecular weight is 382 g/mol. The fraction of sp³-hybridized carbons (Fsp3) is 0.125. The van der Waals surface area contributed by atoms with E-state index in [-0.39, 0.29) is 5.91 Å². The van der Waals surface area contributed by atoms with Gasteiger partial charge < -0.3 is 11.1 Å². The number of nitrogens with two attached hydrogens (primary N) is 1. The van der Waals surface area contributed by atoms with Crippen molar-refractivity contribution in [3.63, 3.8) is 0 Å². The molecule has 0 fully saturated rings. The lowest BCUT2D eigenvalue weighted by molar-refractivity contribution is -0.119. The monoisotopic (exact) mass is 380 g/mol. The number of carbonyl (C=O) groups is 2. The van der Waals surface area contributed by atoms with Gasteiger partial charge in [0.1, 0.15) is 6.04 Å².